The first-order chi connectivity index (χ1) is 7.16. The van der Waals surface area contributed by atoms with Crippen molar-refractivity contribution in [1.82, 2.24) is 24.1 Å². The molecule has 0 aliphatic heterocycles. The Labute approximate surface area is 82.6 Å². The van der Waals surface area contributed by atoms with Gasteiger partial charge in [-0.05, 0) is 0 Å². The maximum atomic E-state index is 11.5. The first-order valence-electron chi connectivity index (χ1n) is 4.28. The van der Waals surface area contributed by atoms with E-state index in [1.807, 2.05) is 0 Å². The molecule has 76 valence electrons. The van der Waals surface area contributed by atoms with Gasteiger partial charge in [-0.1, -0.05) is 0 Å². The molecule has 0 saturated heterocycles. The summed E-state index contributed by atoms with van der Waals surface area (Å²) in [5.74, 6) is -0.0457. The molecular weight excluding hydrogens is 198 g/mol. The molecule has 0 aliphatic rings. The van der Waals surface area contributed by atoms with Gasteiger partial charge in [0.25, 0.3) is 0 Å². The summed E-state index contributed by atoms with van der Waals surface area (Å²) in [7, 11) is 1.76. The molecule has 0 radical (unpaired) electrons. The number of H-pyrrole nitrogens is 1. The van der Waals surface area contributed by atoms with Crippen LogP contribution in [0.4, 0.5) is 0 Å². The summed E-state index contributed by atoms with van der Waals surface area (Å²) in [4.78, 5) is 19.2. The fourth-order valence-electron chi connectivity index (χ4n) is 1.63. The van der Waals surface area contributed by atoms with Crippen LogP contribution in [0.3, 0.4) is 0 Å². The standard InChI is InChI=1S/C8H7N5O2/c1-12-3-9-6-7(15)10-4-2-5(14)11-13(4)8(6)12/h2-3,11,14H,1H3. The van der Waals surface area contributed by atoms with E-state index in [0.29, 0.717) is 11.3 Å². The van der Waals surface area contributed by atoms with E-state index in [1.165, 1.54) is 16.9 Å². The Morgan fingerprint density at radius 1 is 1.53 bits per heavy atom. The normalized spacial score (nSPS) is 11.5. The van der Waals surface area contributed by atoms with Crippen molar-refractivity contribution in [2.24, 2.45) is 7.05 Å². The van der Waals surface area contributed by atoms with Gasteiger partial charge in [-0.2, -0.15) is 4.98 Å². The highest BCUT2D eigenvalue weighted by atomic mass is 16.3. The molecule has 0 fully saturated rings. The summed E-state index contributed by atoms with van der Waals surface area (Å²) in [6.07, 6.45) is 1.53. The Kier molecular flexibility index (Phi) is 1.28. The van der Waals surface area contributed by atoms with E-state index >= 15 is 0 Å². The predicted octanol–water partition coefficient (Wildman–Crippen LogP) is -0.385. The van der Waals surface area contributed by atoms with Gasteiger partial charge in [0.15, 0.2) is 16.8 Å². The summed E-state index contributed by atoms with van der Waals surface area (Å²) in [6, 6.07) is 1.38. The van der Waals surface area contributed by atoms with Crippen LogP contribution in [-0.4, -0.2) is 29.3 Å². The number of rotatable bonds is 0. The zero-order valence-corrected chi connectivity index (χ0v) is 7.80. The third-order valence-corrected chi connectivity index (χ3v) is 2.26. The molecule has 0 atom stereocenters. The number of aromatic nitrogens is 5. The topological polar surface area (TPSA) is 88.2 Å². The van der Waals surface area contributed by atoms with E-state index in [0.717, 1.165) is 0 Å². The molecule has 0 unspecified atom stereocenters. The highest BCUT2D eigenvalue weighted by molar-refractivity contribution is 5.73. The van der Waals surface area contributed by atoms with Gasteiger partial charge < -0.3 is 9.67 Å². The van der Waals surface area contributed by atoms with Gasteiger partial charge in [0.2, 0.25) is 5.88 Å². The molecule has 0 aliphatic carbocycles. The molecule has 3 aromatic rings. The number of fused-ring (bicyclic) bond motifs is 3. The molecule has 3 rings (SSSR count). The fourth-order valence-corrected chi connectivity index (χ4v) is 1.63. The monoisotopic (exact) mass is 205 g/mol. The first-order valence-corrected chi connectivity index (χ1v) is 4.28. The lowest BCUT2D eigenvalue weighted by atomic mass is 10.5. The van der Waals surface area contributed by atoms with E-state index in [2.05, 4.69) is 15.1 Å². The summed E-state index contributed by atoms with van der Waals surface area (Å²) < 4.78 is 3.19. The van der Waals surface area contributed by atoms with Gasteiger partial charge >= 0.3 is 5.56 Å². The van der Waals surface area contributed by atoms with Gasteiger partial charge in [-0.15, -0.1) is 0 Å². The Bertz CT molecular complexity index is 720. The van der Waals surface area contributed by atoms with Crippen LogP contribution in [0.1, 0.15) is 0 Å². The number of aryl methyl sites for hydroxylation is 1. The molecule has 3 heterocycles. The molecule has 0 bridgehead atoms. The lowest BCUT2D eigenvalue weighted by molar-refractivity contribution is 0.449. The van der Waals surface area contributed by atoms with Gasteiger partial charge in [0, 0.05) is 13.1 Å². The molecule has 3 aromatic heterocycles. The SMILES string of the molecule is Cn1cnc2c(=O)nc3cc(O)[nH]n3c21. The number of aromatic amines is 1. The molecule has 7 nitrogen and oxygen atoms in total. The molecule has 0 aromatic carbocycles. The molecule has 0 spiro atoms. The van der Waals surface area contributed by atoms with Crippen molar-refractivity contribution in [2.45, 2.75) is 0 Å². The zero-order chi connectivity index (χ0) is 10.6. The van der Waals surface area contributed by atoms with Crippen molar-refractivity contribution in [3.63, 3.8) is 0 Å². The van der Waals surface area contributed by atoms with Crippen molar-refractivity contribution in [2.75, 3.05) is 0 Å². The highest BCUT2D eigenvalue weighted by Gasteiger charge is 2.11. The zero-order valence-electron chi connectivity index (χ0n) is 7.80. The Morgan fingerprint density at radius 3 is 3.13 bits per heavy atom. The molecule has 2 N–H and O–H groups in total. The number of nitrogens with zero attached hydrogens (tertiary/aromatic N) is 4. The van der Waals surface area contributed by atoms with Crippen LogP contribution in [0.15, 0.2) is 17.2 Å². The quantitative estimate of drug-likeness (QED) is 0.523. The predicted molar refractivity (Wildman–Crippen MR) is 51.7 cm³/mol. The maximum absolute atomic E-state index is 11.5. The summed E-state index contributed by atoms with van der Waals surface area (Å²) in [5.41, 5.74) is 0.820. The average Bonchev–Trinajstić information content (AvgIpc) is 2.69. The van der Waals surface area contributed by atoms with E-state index in [-0.39, 0.29) is 11.4 Å². The second kappa shape index (κ2) is 2.38. The molecule has 7 heteroatoms. The molecular formula is C8H7N5O2. The van der Waals surface area contributed by atoms with Crippen LogP contribution in [0.25, 0.3) is 16.8 Å². The Hall–Kier alpha value is -2.31. The average molecular weight is 205 g/mol. The minimum absolute atomic E-state index is 0.0457. The number of hydrogen-bond donors (Lipinski definition) is 2. The third kappa shape index (κ3) is 0.912. The van der Waals surface area contributed by atoms with Gasteiger partial charge in [0.1, 0.15) is 0 Å². The minimum Gasteiger partial charge on any atom is -0.494 e. The smallest absolute Gasteiger partial charge is 0.301 e. The van der Waals surface area contributed by atoms with Crippen molar-refractivity contribution in [1.29, 1.82) is 0 Å². The van der Waals surface area contributed by atoms with Gasteiger partial charge in [-0.25, -0.2) is 9.50 Å². The van der Waals surface area contributed by atoms with E-state index in [9.17, 15) is 9.90 Å². The minimum atomic E-state index is -0.399. The first kappa shape index (κ1) is 8.04. The second-order valence-corrected chi connectivity index (χ2v) is 3.28. The van der Waals surface area contributed by atoms with Crippen LogP contribution in [0, 0.1) is 0 Å². The van der Waals surface area contributed by atoms with Gasteiger partial charge in [-0.3, -0.25) is 9.89 Å². The van der Waals surface area contributed by atoms with Crippen molar-refractivity contribution >= 4 is 16.8 Å². The number of imidazole rings is 1. The number of hydrogen-bond acceptors (Lipinski definition) is 4. The Morgan fingerprint density at radius 2 is 2.33 bits per heavy atom. The van der Waals surface area contributed by atoms with Crippen LogP contribution in [0.5, 0.6) is 5.88 Å². The molecule has 0 saturated carbocycles. The lowest BCUT2D eigenvalue weighted by Gasteiger charge is -1.97. The van der Waals surface area contributed by atoms with Crippen LogP contribution < -0.4 is 5.56 Å². The van der Waals surface area contributed by atoms with Crippen molar-refractivity contribution in [3.8, 4) is 5.88 Å². The van der Waals surface area contributed by atoms with Crippen molar-refractivity contribution in [3.05, 3.63) is 22.7 Å². The second-order valence-electron chi connectivity index (χ2n) is 3.28. The van der Waals surface area contributed by atoms with Crippen LogP contribution in [-0.2, 0) is 7.05 Å². The lowest BCUT2D eigenvalue weighted by Crippen LogP contribution is -2.10. The number of aromatic hydroxyl groups is 1. The van der Waals surface area contributed by atoms with E-state index in [4.69, 9.17) is 0 Å². The fraction of sp³-hybridized carbons (Fsp3) is 0.125. The highest BCUT2D eigenvalue weighted by Crippen LogP contribution is 2.13. The summed E-state index contributed by atoms with van der Waals surface area (Å²) in [6.45, 7) is 0. The third-order valence-electron chi connectivity index (χ3n) is 2.26. The Balaban J connectivity index is 2.72. The molecule has 15 heavy (non-hydrogen) atoms. The van der Waals surface area contributed by atoms with Crippen molar-refractivity contribution < 1.29 is 5.11 Å². The van der Waals surface area contributed by atoms with Gasteiger partial charge in [0.05, 0.1) is 6.33 Å². The summed E-state index contributed by atoms with van der Waals surface area (Å²) in [5, 5.41) is 12.0. The largest absolute Gasteiger partial charge is 0.494 e. The van der Waals surface area contributed by atoms with E-state index < -0.39 is 5.56 Å². The summed E-state index contributed by atoms with van der Waals surface area (Å²) >= 11 is 0. The molecule has 0 amide bonds. The van der Waals surface area contributed by atoms with E-state index in [1.54, 1.807) is 11.6 Å². The van der Waals surface area contributed by atoms with Crippen LogP contribution in [0.2, 0.25) is 0 Å². The van der Waals surface area contributed by atoms with Crippen LogP contribution >= 0.6 is 0 Å². The maximum Gasteiger partial charge on any atom is 0.301 e. The number of nitrogens with one attached hydrogen (secondary N) is 1.